The van der Waals surface area contributed by atoms with E-state index in [1.165, 1.54) is 4.90 Å². The summed E-state index contributed by atoms with van der Waals surface area (Å²) in [4.78, 5) is 13.9. The summed E-state index contributed by atoms with van der Waals surface area (Å²) in [6.45, 7) is 1.31. The third kappa shape index (κ3) is 4.74. The summed E-state index contributed by atoms with van der Waals surface area (Å²) in [6, 6.07) is 11.4. The predicted molar refractivity (Wildman–Crippen MR) is 110 cm³/mol. The third-order valence-corrected chi connectivity index (χ3v) is 5.35. The first kappa shape index (κ1) is 20.8. The summed E-state index contributed by atoms with van der Waals surface area (Å²) >= 11 is 0. The summed E-state index contributed by atoms with van der Waals surface area (Å²) in [6.07, 6.45) is 2.06. The molecule has 2 atom stereocenters. The SMILES string of the molecule is COc1ccc(OC)c([C@@H]2CCC[NH+]2CC(=O)Nc2ccc(OC)c(OC)c2)c1. The first-order valence-corrected chi connectivity index (χ1v) is 9.68. The van der Waals surface area contributed by atoms with E-state index < -0.39 is 0 Å². The maximum Gasteiger partial charge on any atom is 0.279 e. The minimum Gasteiger partial charge on any atom is -0.497 e. The van der Waals surface area contributed by atoms with Gasteiger partial charge >= 0.3 is 0 Å². The Labute approximate surface area is 171 Å². The Hall–Kier alpha value is -2.93. The topological polar surface area (TPSA) is 70.5 Å². The van der Waals surface area contributed by atoms with Crippen molar-refractivity contribution in [2.75, 3.05) is 46.8 Å². The van der Waals surface area contributed by atoms with Crippen LogP contribution in [0.5, 0.6) is 23.0 Å². The normalized spacial score (nSPS) is 18.2. The van der Waals surface area contributed by atoms with Gasteiger partial charge in [0, 0.05) is 24.6 Å². The van der Waals surface area contributed by atoms with Crippen molar-refractivity contribution < 1.29 is 28.6 Å². The van der Waals surface area contributed by atoms with Crippen LogP contribution in [0.15, 0.2) is 36.4 Å². The van der Waals surface area contributed by atoms with E-state index in [2.05, 4.69) is 5.32 Å². The average molecular weight is 401 g/mol. The van der Waals surface area contributed by atoms with Gasteiger partial charge in [-0.25, -0.2) is 0 Å². The Bertz CT molecular complexity index is 855. The molecule has 1 unspecified atom stereocenters. The predicted octanol–water partition coefficient (Wildman–Crippen LogP) is 2.08. The van der Waals surface area contributed by atoms with Crippen molar-refractivity contribution >= 4 is 11.6 Å². The largest absolute Gasteiger partial charge is 0.497 e. The Kier molecular flexibility index (Phi) is 6.82. The second-order valence-electron chi connectivity index (χ2n) is 7.01. The number of rotatable bonds is 8. The lowest BCUT2D eigenvalue weighted by Crippen LogP contribution is -3.11. The number of benzene rings is 2. The number of hydrogen-bond donors (Lipinski definition) is 2. The lowest BCUT2D eigenvalue weighted by Gasteiger charge is -2.23. The maximum atomic E-state index is 12.7. The van der Waals surface area contributed by atoms with Gasteiger partial charge in [-0.3, -0.25) is 4.79 Å². The average Bonchev–Trinajstić information content (AvgIpc) is 3.20. The molecule has 1 aliphatic rings. The zero-order valence-electron chi connectivity index (χ0n) is 17.4. The van der Waals surface area contributed by atoms with Crippen LogP contribution in [0.2, 0.25) is 0 Å². The van der Waals surface area contributed by atoms with E-state index in [1.807, 2.05) is 18.2 Å². The van der Waals surface area contributed by atoms with Gasteiger partial charge < -0.3 is 29.2 Å². The molecule has 1 fully saturated rings. The van der Waals surface area contributed by atoms with Gasteiger partial charge in [0.1, 0.15) is 17.5 Å². The van der Waals surface area contributed by atoms with E-state index in [9.17, 15) is 4.79 Å². The second kappa shape index (κ2) is 9.52. The van der Waals surface area contributed by atoms with E-state index >= 15 is 0 Å². The molecule has 0 bridgehead atoms. The molecule has 29 heavy (non-hydrogen) atoms. The molecule has 2 aromatic rings. The molecule has 2 N–H and O–H groups in total. The standard InChI is InChI=1S/C22H28N2O5/c1-26-16-8-10-19(27-2)17(13-16)18-6-5-11-24(18)14-22(25)23-15-7-9-20(28-3)21(12-15)29-4/h7-10,12-13,18H,5-6,11,14H2,1-4H3,(H,23,25)/p+1/t18-/m0/s1. The highest BCUT2D eigenvalue weighted by Crippen LogP contribution is 2.32. The van der Waals surface area contributed by atoms with Crippen LogP contribution < -0.4 is 29.2 Å². The van der Waals surface area contributed by atoms with Crippen molar-refractivity contribution in [1.82, 2.24) is 0 Å². The maximum absolute atomic E-state index is 12.7. The molecule has 0 saturated carbocycles. The molecule has 0 aliphatic carbocycles. The van der Waals surface area contributed by atoms with Crippen LogP contribution in [-0.4, -0.2) is 47.4 Å². The number of anilines is 1. The van der Waals surface area contributed by atoms with E-state index in [4.69, 9.17) is 18.9 Å². The highest BCUT2D eigenvalue weighted by Gasteiger charge is 2.34. The lowest BCUT2D eigenvalue weighted by atomic mass is 10.0. The second-order valence-corrected chi connectivity index (χ2v) is 7.01. The number of hydrogen-bond acceptors (Lipinski definition) is 5. The van der Waals surface area contributed by atoms with Gasteiger partial charge in [-0.05, 0) is 30.3 Å². The molecule has 7 nitrogen and oxygen atoms in total. The fraction of sp³-hybridized carbons (Fsp3) is 0.409. The molecular formula is C22H29N2O5+. The molecule has 1 saturated heterocycles. The molecule has 1 amide bonds. The number of carbonyl (C=O) groups excluding carboxylic acids is 1. The first-order valence-electron chi connectivity index (χ1n) is 9.68. The van der Waals surface area contributed by atoms with Gasteiger partial charge in [-0.2, -0.15) is 0 Å². The zero-order valence-corrected chi connectivity index (χ0v) is 17.4. The van der Waals surface area contributed by atoms with Crippen molar-refractivity contribution in [2.24, 2.45) is 0 Å². The molecular weight excluding hydrogens is 372 g/mol. The lowest BCUT2D eigenvalue weighted by molar-refractivity contribution is -0.910. The molecule has 1 aliphatic heterocycles. The zero-order chi connectivity index (χ0) is 20.8. The van der Waals surface area contributed by atoms with Crippen LogP contribution in [0.1, 0.15) is 24.4 Å². The van der Waals surface area contributed by atoms with E-state index in [-0.39, 0.29) is 11.9 Å². The molecule has 156 valence electrons. The Morgan fingerprint density at radius 2 is 1.69 bits per heavy atom. The van der Waals surface area contributed by atoms with Gasteiger partial charge in [-0.1, -0.05) is 0 Å². The summed E-state index contributed by atoms with van der Waals surface area (Å²) in [5, 5.41) is 2.97. The summed E-state index contributed by atoms with van der Waals surface area (Å²) < 4.78 is 21.5. The number of likely N-dealkylation sites (tertiary alicyclic amines) is 1. The van der Waals surface area contributed by atoms with Crippen molar-refractivity contribution in [3.63, 3.8) is 0 Å². The minimum atomic E-state index is -0.0408. The minimum absolute atomic E-state index is 0.0408. The van der Waals surface area contributed by atoms with Crippen LogP contribution in [0.3, 0.4) is 0 Å². The van der Waals surface area contributed by atoms with Crippen LogP contribution in [0, 0.1) is 0 Å². The Balaban J connectivity index is 1.72. The number of quaternary nitrogens is 1. The highest BCUT2D eigenvalue weighted by atomic mass is 16.5. The van der Waals surface area contributed by atoms with Gasteiger partial charge in [0.15, 0.2) is 18.0 Å². The smallest absolute Gasteiger partial charge is 0.279 e. The number of nitrogens with one attached hydrogen (secondary N) is 2. The highest BCUT2D eigenvalue weighted by molar-refractivity contribution is 5.91. The third-order valence-electron chi connectivity index (χ3n) is 5.35. The van der Waals surface area contributed by atoms with Gasteiger partial charge in [0.05, 0.1) is 40.5 Å². The first-order chi connectivity index (χ1) is 14.1. The summed E-state index contributed by atoms with van der Waals surface area (Å²) in [5.74, 6) is 2.79. The van der Waals surface area contributed by atoms with E-state index in [0.717, 1.165) is 36.4 Å². The number of carbonyl (C=O) groups is 1. The number of amides is 1. The van der Waals surface area contributed by atoms with Crippen molar-refractivity contribution in [3.8, 4) is 23.0 Å². The molecule has 1 heterocycles. The van der Waals surface area contributed by atoms with Crippen LogP contribution in [-0.2, 0) is 4.79 Å². The molecule has 0 radical (unpaired) electrons. The fourth-order valence-electron chi connectivity index (χ4n) is 3.94. The van der Waals surface area contributed by atoms with Crippen molar-refractivity contribution in [1.29, 1.82) is 0 Å². The quantitative estimate of drug-likeness (QED) is 0.709. The Morgan fingerprint density at radius 3 is 2.38 bits per heavy atom. The van der Waals surface area contributed by atoms with Gasteiger partial charge in [0.2, 0.25) is 0 Å². The fourth-order valence-corrected chi connectivity index (χ4v) is 3.94. The molecule has 0 aromatic heterocycles. The molecule has 0 spiro atoms. The van der Waals surface area contributed by atoms with Crippen LogP contribution >= 0.6 is 0 Å². The summed E-state index contributed by atoms with van der Waals surface area (Å²) in [5.41, 5.74) is 1.76. The van der Waals surface area contributed by atoms with E-state index in [0.29, 0.717) is 23.7 Å². The molecule has 3 rings (SSSR count). The van der Waals surface area contributed by atoms with Crippen molar-refractivity contribution in [2.45, 2.75) is 18.9 Å². The number of methoxy groups -OCH3 is 4. The van der Waals surface area contributed by atoms with Gasteiger partial charge in [0.25, 0.3) is 5.91 Å². The van der Waals surface area contributed by atoms with Gasteiger partial charge in [-0.15, -0.1) is 0 Å². The Morgan fingerprint density at radius 1 is 0.966 bits per heavy atom. The molecule has 2 aromatic carbocycles. The van der Waals surface area contributed by atoms with Crippen molar-refractivity contribution in [3.05, 3.63) is 42.0 Å². The van der Waals surface area contributed by atoms with Crippen LogP contribution in [0.25, 0.3) is 0 Å². The van der Waals surface area contributed by atoms with Crippen LogP contribution in [0.4, 0.5) is 5.69 Å². The van der Waals surface area contributed by atoms with E-state index in [1.54, 1.807) is 46.6 Å². The number of ether oxygens (including phenoxy) is 4. The molecule has 7 heteroatoms. The monoisotopic (exact) mass is 401 g/mol. The summed E-state index contributed by atoms with van der Waals surface area (Å²) in [7, 11) is 6.48.